The predicted octanol–water partition coefficient (Wildman–Crippen LogP) is 0.505. The summed E-state index contributed by atoms with van der Waals surface area (Å²) in [6, 6.07) is 0. The molecule has 1 amide bonds. The third-order valence-electron chi connectivity index (χ3n) is 3.73. The number of ether oxygens (including phenoxy) is 2. The summed E-state index contributed by atoms with van der Waals surface area (Å²) in [4.78, 5) is 24.5. The zero-order valence-corrected chi connectivity index (χ0v) is 11.0. The summed E-state index contributed by atoms with van der Waals surface area (Å²) in [6.45, 7) is 2.37. The van der Waals surface area contributed by atoms with Gasteiger partial charge in [0.15, 0.2) is 0 Å². The molecule has 6 nitrogen and oxygen atoms in total. The number of carboxylic acids is 1. The van der Waals surface area contributed by atoms with Crippen LogP contribution in [0.15, 0.2) is 0 Å². The number of hydrogen-bond donors (Lipinski definition) is 1. The molecule has 2 saturated heterocycles. The Morgan fingerprint density at radius 2 is 2.00 bits per heavy atom. The van der Waals surface area contributed by atoms with Gasteiger partial charge in [-0.05, 0) is 25.7 Å². The van der Waals surface area contributed by atoms with Crippen LogP contribution in [-0.2, 0) is 19.1 Å². The molecule has 2 aliphatic rings. The van der Waals surface area contributed by atoms with E-state index in [4.69, 9.17) is 14.6 Å². The molecule has 2 fully saturated rings. The first-order chi connectivity index (χ1) is 9.16. The normalized spacial score (nSPS) is 25.3. The second kappa shape index (κ2) is 6.86. The lowest BCUT2D eigenvalue weighted by Gasteiger charge is -2.31. The lowest BCUT2D eigenvalue weighted by atomic mass is 9.98. The summed E-state index contributed by atoms with van der Waals surface area (Å²) in [5.74, 6) is -1.35. The van der Waals surface area contributed by atoms with Crippen molar-refractivity contribution in [2.24, 2.45) is 5.92 Å². The van der Waals surface area contributed by atoms with Gasteiger partial charge in [-0.15, -0.1) is 0 Å². The predicted molar refractivity (Wildman–Crippen MR) is 66.7 cm³/mol. The lowest BCUT2D eigenvalue weighted by Crippen LogP contribution is -2.44. The summed E-state index contributed by atoms with van der Waals surface area (Å²) < 4.78 is 10.8. The van der Waals surface area contributed by atoms with Crippen LogP contribution in [-0.4, -0.2) is 60.9 Å². The Balaban J connectivity index is 1.74. The van der Waals surface area contributed by atoms with Crippen LogP contribution in [0, 0.1) is 5.92 Å². The highest BCUT2D eigenvalue weighted by molar-refractivity contribution is 5.79. The molecule has 2 aliphatic heterocycles. The molecule has 0 saturated carbocycles. The minimum absolute atomic E-state index is 0.0526. The molecule has 0 aromatic heterocycles. The fourth-order valence-electron chi connectivity index (χ4n) is 2.53. The SMILES string of the molecule is O=C(O)C1CCCN(C(=O)COC2CCOCC2)C1. The molecule has 0 aliphatic carbocycles. The summed E-state index contributed by atoms with van der Waals surface area (Å²) in [5, 5.41) is 8.99. The highest BCUT2D eigenvalue weighted by Gasteiger charge is 2.28. The Bertz CT molecular complexity index is 327. The fraction of sp³-hybridized carbons (Fsp3) is 0.846. The van der Waals surface area contributed by atoms with Gasteiger partial charge in [0.2, 0.25) is 5.91 Å². The zero-order chi connectivity index (χ0) is 13.7. The molecule has 1 atom stereocenters. The zero-order valence-electron chi connectivity index (χ0n) is 11.0. The van der Waals surface area contributed by atoms with E-state index in [2.05, 4.69) is 0 Å². The summed E-state index contributed by atoms with van der Waals surface area (Å²) in [7, 11) is 0. The largest absolute Gasteiger partial charge is 0.481 e. The molecule has 0 bridgehead atoms. The van der Waals surface area contributed by atoms with Crippen molar-refractivity contribution in [3.05, 3.63) is 0 Å². The molecule has 1 N–H and O–H groups in total. The van der Waals surface area contributed by atoms with Crippen molar-refractivity contribution in [3.8, 4) is 0 Å². The number of rotatable bonds is 4. The summed E-state index contributed by atoms with van der Waals surface area (Å²) in [5.41, 5.74) is 0. The smallest absolute Gasteiger partial charge is 0.308 e. The number of nitrogens with zero attached hydrogens (tertiary/aromatic N) is 1. The van der Waals surface area contributed by atoms with Gasteiger partial charge in [-0.1, -0.05) is 0 Å². The summed E-state index contributed by atoms with van der Waals surface area (Å²) in [6.07, 6.45) is 3.15. The van der Waals surface area contributed by atoms with Gasteiger partial charge >= 0.3 is 5.97 Å². The molecule has 2 rings (SSSR count). The highest BCUT2D eigenvalue weighted by Crippen LogP contribution is 2.17. The van der Waals surface area contributed by atoms with E-state index in [0.29, 0.717) is 32.7 Å². The van der Waals surface area contributed by atoms with Gasteiger partial charge in [0.1, 0.15) is 6.61 Å². The first-order valence-electron chi connectivity index (χ1n) is 6.86. The van der Waals surface area contributed by atoms with Crippen LogP contribution in [0.3, 0.4) is 0 Å². The minimum Gasteiger partial charge on any atom is -0.481 e. The van der Waals surface area contributed by atoms with Gasteiger partial charge in [-0.2, -0.15) is 0 Å². The second-order valence-corrected chi connectivity index (χ2v) is 5.14. The van der Waals surface area contributed by atoms with Crippen LogP contribution < -0.4 is 0 Å². The van der Waals surface area contributed by atoms with Crippen LogP contribution in [0.5, 0.6) is 0 Å². The highest BCUT2D eigenvalue weighted by atomic mass is 16.5. The molecule has 2 heterocycles. The number of amides is 1. The van der Waals surface area contributed by atoms with Crippen molar-refractivity contribution < 1.29 is 24.2 Å². The van der Waals surface area contributed by atoms with Crippen LogP contribution in [0.2, 0.25) is 0 Å². The van der Waals surface area contributed by atoms with E-state index in [9.17, 15) is 9.59 Å². The van der Waals surface area contributed by atoms with E-state index in [1.165, 1.54) is 0 Å². The first-order valence-corrected chi connectivity index (χ1v) is 6.86. The van der Waals surface area contributed by atoms with Crippen molar-refractivity contribution in [1.29, 1.82) is 0 Å². The van der Waals surface area contributed by atoms with Crippen molar-refractivity contribution in [3.63, 3.8) is 0 Å². The molecule has 19 heavy (non-hydrogen) atoms. The number of carboxylic acid groups (broad SMARTS) is 1. The Labute approximate surface area is 112 Å². The number of hydrogen-bond acceptors (Lipinski definition) is 4. The van der Waals surface area contributed by atoms with E-state index in [1.54, 1.807) is 4.90 Å². The third-order valence-corrected chi connectivity index (χ3v) is 3.73. The topological polar surface area (TPSA) is 76.1 Å². The molecule has 0 spiro atoms. The molecule has 0 radical (unpaired) electrons. The van der Waals surface area contributed by atoms with Gasteiger partial charge in [0.25, 0.3) is 0 Å². The average molecular weight is 271 g/mol. The van der Waals surface area contributed by atoms with Crippen molar-refractivity contribution in [1.82, 2.24) is 4.90 Å². The number of likely N-dealkylation sites (tertiary alicyclic amines) is 1. The molecule has 0 aromatic rings. The van der Waals surface area contributed by atoms with Gasteiger partial charge < -0.3 is 19.5 Å². The van der Waals surface area contributed by atoms with E-state index in [-0.39, 0.29) is 18.6 Å². The lowest BCUT2D eigenvalue weighted by molar-refractivity contribution is -0.148. The molecular weight excluding hydrogens is 250 g/mol. The molecule has 0 aromatic carbocycles. The van der Waals surface area contributed by atoms with Crippen molar-refractivity contribution in [2.45, 2.75) is 31.8 Å². The van der Waals surface area contributed by atoms with E-state index >= 15 is 0 Å². The average Bonchev–Trinajstić information content (AvgIpc) is 2.46. The maximum Gasteiger partial charge on any atom is 0.308 e. The Hall–Kier alpha value is -1.14. The van der Waals surface area contributed by atoms with Crippen LogP contribution >= 0.6 is 0 Å². The van der Waals surface area contributed by atoms with Gasteiger partial charge in [0.05, 0.1) is 12.0 Å². The Morgan fingerprint density at radius 3 is 2.68 bits per heavy atom. The van der Waals surface area contributed by atoms with Gasteiger partial charge in [-0.25, -0.2) is 0 Å². The molecular formula is C13H21NO5. The maximum absolute atomic E-state index is 12.0. The quantitative estimate of drug-likeness (QED) is 0.806. The number of carbonyl (C=O) groups is 2. The van der Waals surface area contributed by atoms with E-state index in [0.717, 1.165) is 19.3 Å². The van der Waals surface area contributed by atoms with Crippen LogP contribution in [0.4, 0.5) is 0 Å². The first kappa shape index (κ1) is 14.3. The fourth-order valence-corrected chi connectivity index (χ4v) is 2.53. The molecule has 6 heteroatoms. The van der Waals surface area contributed by atoms with E-state index < -0.39 is 11.9 Å². The van der Waals surface area contributed by atoms with Gasteiger partial charge in [-0.3, -0.25) is 9.59 Å². The van der Waals surface area contributed by atoms with Crippen molar-refractivity contribution >= 4 is 11.9 Å². The van der Waals surface area contributed by atoms with Crippen LogP contribution in [0.25, 0.3) is 0 Å². The Kier molecular flexibility index (Phi) is 5.15. The van der Waals surface area contributed by atoms with Crippen LogP contribution in [0.1, 0.15) is 25.7 Å². The minimum atomic E-state index is -0.817. The van der Waals surface area contributed by atoms with Crippen molar-refractivity contribution in [2.75, 3.05) is 32.9 Å². The number of piperidine rings is 1. The Morgan fingerprint density at radius 1 is 1.26 bits per heavy atom. The third kappa shape index (κ3) is 4.18. The number of carbonyl (C=O) groups excluding carboxylic acids is 1. The second-order valence-electron chi connectivity index (χ2n) is 5.14. The monoisotopic (exact) mass is 271 g/mol. The maximum atomic E-state index is 12.0. The molecule has 1 unspecified atom stereocenters. The van der Waals surface area contributed by atoms with E-state index in [1.807, 2.05) is 0 Å². The standard InChI is InChI=1S/C13H21NO5/c15-12(9-19-11-3-6-18-7-4-11)14-5-1-2-10(8-14)13(16)17/h10-11H,1-9H2,(H,16,17). The van der Waals surface area contributed by atoms with Gasteiger partial charge in [0, 0.05) is 26.3 Å². The summed E-state index contributed by atoms with van der Waals surface area (Å²) >= 11 is 0. The number of aliphatic carboxylic acids is 1. The molecule has 108 valence electrons.